The molecule has 0 aromatic rings. The number of hydrogen-bond donors (Lipinski definition) is 0. The minimum Gasteiger partial charge on any atom is -0.822 e. The maximum atomic E-state index is 8.55. The molecule has 0 bridgehead atoms. The van der Waals surface area contributed by atoms with E-state index < -0.39 is 15.6 Å². The Labute approximate surface area is 155 Å². The average Bonchev–Trinajstić information content (AvgIpc) is 1.12. The standard InChI is InChI=1S/3Fe.3Mn.2H3O4P/c;;;;;;2*1-5(2,3)4/h;;;;;;2*(H3,1,2,3,4)/q;;;3*+2;;/p-6. The molecule has 0 rings (SSSR count). The van der Waals surface area contributed by atoms with Crippen LogP contribution in [0.4, 0.5) is 0 Å². The largest absolute Gasteiger partial charge is 2.00 e. The Kier molecular flexibility index (Phi) is 74.1. The van der Waals surface area contributed by atoms with E-state index in [-0.39, 0.29) is 102 Å². The summed E-state index contributed by atoms with van der Waals surface area (Å²) < 4.78 is 17.1. The van der Waals surface area contributed by atoms with Crippen molar-refractivity contribution < 1.29 is 141 Å². The van der Waals surface area contributed by atoms with Crippen molar-refractivity contribution in [2.45, 2.75) is 0 Å². The van der Waals surface area contributed by atoms with Crippen LogP contribution in [0.3, 0.4) is 0 Å². The molecule has 0 spiro atoms. The van der Waals surface area contributed by atoms with Gasteiger partial charge in [-0.25, -0.2) is 0 Å². The smallest absolute Gasteiger partial charge is 0.822 e. The fourth-order valence-corrected chi connectivity index (χ4v) is 0. The van der Waals surface area contributed by atoms with Gasteiger partial charge in [0.2, 0.25) is 0 Å². The summed E-state index contributed by atoms with van der Waals surface area (Å²) in [6.07, 6.45) is 0. The van der Waals surface area contributed by atoms with E-state index in [1.165, 1.54) is 0 Å². The molecule has 103 valence electrons. The molecule has 0 aromatic carbocycles. The van der Waals surface area contributed by atoms with E-state index in [0.29, 0.717) is 0 Å². The van der Waals surface area contributed by atoms with Gasteiger partial charge in [-0.3, -0.25) is 0 Å². The monoisotopic (exact) mass is 523 g/mol. The van der Waals surface area contributed by atoms with Crippen molar-refractivity contribution in [3.05, 3.63) is 0 Å². The predicted molar refractivity (Wildman–Crippen MR) is 15.2 cm³/mol. The summed E-state index contributed by atoms with van der Waals surface area (Å²) in [5.74, 6) is 0. The number of rotatable bonds is 0. The van der Waals surface area contributed by atoms with Crippen LogP contribution in [0, 0.1) is 0 Å². The van der Waals surface area contributed by atoms with Gasteiger partial charge in [-0.2, -0.15) is 15.6 Å². The van der Waals surface area contributed by atoms with Gasteiger partial charge in [-0.05, 0) is 0 Å². The van der Waals surface area contributed by atoms with Gasteiger partial charge >= 0.3 is 51.2 Å². The first-order valence-electron chi connectivity index (χ1n) is 1.46. The summed E-state index contributed by atoms with van der Waals surface area (Å²) in [6, 6.07) is 0. The Morgan fingerprint density at radius 1 is 0.500 bits per heavy atom. The Morgan fingerprint density at radius 3 is 0.500 bits per heavy atom. The van der Waals surface area contributed by atoms with Gasteiger partial charge in [-0.15, -0.1) is 0 Å². The topological polar surface area (TPSA) is 172 Å². The molecule has 0 fully saturated rings. The van der Waals surface area contributed by atoms with E-state index in [1.807, 2.05) is 0 Å². The van der Waals surface area contributed by atoms with Crippen LogP contribution in [0.15, 0.2) is 0 Å². The molecular formula is Fe3Mn3O8P2. The molecule has 0 aromatic heterocycles. The van der Waals surface area contributed by atoms with Crippen LogP contribution in [0.25, 0.3) is 0 Å². The molecule has 16 heteroatoms. The van der Waals surface area contributed by atoms with Crippen molar-refractivity contribution in [2.24, 2.45) is 0 Å². The van der Waals surface area contributed by atoms with Crippen LogP contribution in [-0.4, -0.2) is 0 Å². The fourth-order valence-electron chi connectivity index (χ4n) is 0. The van der Waals surface area contributed by atoms with Crippen molar-refractivity contribution >= 4 is 15.6 Å². The second-order valence-electron chi connectivity index (χ2n) is 0.894. The summed E-state index contributed by atoms with van der Waals surface area (Å²) in [5, 5.41) is 0. The quantitative estimate of drug-likeness (QED) is 0.224. The Bertz CT molecular complexity index is 141. The summed E-state index contributed by atoms with van der Waals surface area (Å²) in [5.41, 5.74) is 0. The van der Waals surface area contributed by atoms with Crippen LogP contribution in [0.2, 0.25) is 0 Å². The fraction of sp³-hybridized carbons (Fsp3) is 0. The van der Waals surface area contributed by atoms with E-state index in [9.17, 15) is 0 Å². The van der Waals surface area contributed by atoms with Gasteiger partial charge in [-0.1, -0.05) is 0 Å². The van der Waals surface area contributed by atoms with E-state index in [2.05, 4.69) is 0 Å². The molecule has 0 aliphatic heterocycles. The zero-order chi connectivity index (χ0) is 9.00. The summed E-state index contributed by atoms with van der Waals surface area (Å²) in [4.78, 5) is 51.3. The third-order valence-electron chi connectivity index (χ3n) is 0. The Balaban J connectivity index is -0.00000000970. The summed E-state index contributed by atoms with van der Waals surface area (Å²) in [6.45, 7) is 0. The van der Waals surface area contributed by atoms with Gasteiger partial charge < -0.3 is 38.5 Å². The van der Waals surface area contributed by atoms with Crippen LogP contribution < -0.4 is 29.4 Å². The normalized spacial score (nSPS) is 7.38. The minimum absolute atomic E-state index is 0. The molecule has 0 saturated heterocycles. The van der Waals surface area contributed by atoms with Gasteiger partial charge in [0.25, 0.3) is 0 Å². The molecule has 0 unspecified atom stereocenters. The van der Waals surface area contributed by atoms with Crippen LogP contribution >= 0.6 is 15.6 Å². The van der Waals surface area contributed by atoms with Gasteiger partial charge in [0.05, 0.1) is 0 Å². The molecule has 0 saturated carbocycles. The van der Waals surface area contributed by atoms with Crippen molar-refractivity contribution in [1.29, 1.82) is 0 Å². The van der Waals surface area contributed by atoms with Gasteiger partial charge in [0, 0.05) is 51.2 Å². The maximum absolute atomic E-state index is 8.55. The molecule has 8 nitrogen and oxygen atoms in total. The predicted octanol–water partition coefficient (Wildman–Crippen LogP) is -5.66. The first-order chi connectivity index (χ1) is 4.00. The second-order valence-corrected chi connectivity index (χ2v) is 2.68. The molecular weight excluding hydrogens is 522 g/mol. The van der Waals surface area contributed by atoms with Crippen LogP contribution in [0.5, 0.6) is 0 Å². The molecule has 16 heavy (non-hydrogen) atoms. The van der Waals surface area contributed by atoms with Crippen LogP contribution in [0.1, 0.15) is 0 Å². The third kappa shape index (κ3) is 416. The second kappa shape index (κ2) is 23.4. The molecule has 0 amide bonds. The van der Waals surface area contributed by atoms with E-state index in [1.54, 1.807) is 0 Å². The summed E-state index contributed by atoms with van der Waals surface area (Å²) >= 11 is 0. The van der Waals surface area contributed by atoms with Crippen LogP contribution in [-0.2, 0) is 112 Å². The SMILES string of the molecule is O=P([O-])([O-])[O-].O=P([O-])([O-])[O-].[Fe].[Fe].[Fe].[Mn+2].[Mn+2].[Mn+2]. The van der Waals surface area contributed by atoms with Crippen molar-refractivity contribution in [3.63, 3.8) is 0 Å². The zero-order valence-corrected chi connectivity index (χ0v) is 15.0. The first kappa shape index (κ1) is 50.6. The first-order valence-corrected chi connectivity index (χ1v) is 4.38. The number of hydrogen-bond acceptors (Lipinski definition) is 8. The Morgan fingerprint density at radius 2 is 0.500 bits per heavy atom. The molecule has 0 atom stereocenters. The van der Waals surface area contributed by atoms with E-state index >= 15 is 0 Å². The van der Waals surface area contributed by atoms with E-state index in [0.717, 1.165) is 0 Å². The Hall–Kier alpha value is 3.34. The molecule has 0 aliphatic carbocycles. The summed E-state index contributed by atoms with van der Waals surface area (Å²) in [7, 11) is -10.8. The third-order valence-corrected chi connectivity index (χ3v) is 0. The molecule has 0 N–H and O–H groups in total. The maximum Gasteiger partial charge on any atom is 2.00 e. The van der Waals surface area contributed by atoms with Crippen molar-refractivity contribution in [1.82, 2.24) is 0 Å². The van der Waals surface area contributed by atoms with E-state index in [4.69, 9.17) is 38.5 Å². The van der Waals surface area contributed by atoms with Gasteiger partial charge in [0.15, 0.2) is 0 Å². The minimum atomic E-state index is -5.39. The molecule has 3 radical (unpaired) electrons. The zero-order valence-electron chi connectivity index (χ0n) is 6.35. The van der Waals surface area contributed by atoms with Crippen molar-refractivity contribution in [2.75, 3.05) is 0 Å². The van der Waals surface area contributed by atoms with Gasteiger partial charge in [0.1, 0.15) is 0 Å². The molecule has 0 aliphatic rings. The number of phosphoric acid groups is 2. The van der Waals surface area contributed by atoms with Crippen molar-refractivity contribution in [3.8, 4) is 0 Å². The average molecular weight is 522 g/mol. The molecule has 0 heterocycles.